The molecule has 132 valence electrons. The maximum absolute atomic E-state index is 13.0. The van der Waals surface area contributed by atoms with Crippen LogP contribution in [0.25, 0.3) is 0 Å². The molecule has 0 aliphatic carbocycles. The molecule has 0 bridgehead atoms. The summed E-state index contributed by atoms with van der Waals surface area (Å²) in [5.41, 5.74) is 2.93. The predicted molar refractivity (Wildman–Crippen MR) is 95.1 cm³/mol. The first-order valence-electron chi connectivity index (χ1n) is 8.21. The normalized spacial score (nSPS) is 11.7. The van der Waals surface area contributed by atoms with Gasteiger partial charge in [-0.25, -0.2) is 4.39 Å². The summed E-state index contributed by atoms with van der Waals surface area (Å²) in [6.45, 7) is 5.79. The van der Waals surface area contributed by atoms with E-state index in [0.717, 1.165) is 16.7 Å². The van der Waals surface area contributed by atoms with E-state index < -0.39 is 6.04 Å². The van der Waals surface area contributed by atoms with Crippen LogP contribution in [0, 0.1) is 12.7 Å². The van der Waals surface area contributed by atoms with Gasteiger partial charge in [-0.05, 0) is 37.1 Å². The number of nitrogens with zero attached hydrogens (tertiary/aromatic N) is 1. The Morgan fingerprint density at radius 1 is 1.04 bits per heavy atom. The van der Waals surface area contributed by atoms with Crippen LogP contribution >= 0.6 is 0 Å². The van der Waals surface area contributed by atoms with Crippen molar-refractivity contribution in [3.63, 3.8) is 0 Å². The number of rotatable bonds is 6. The van der Waals surface area contributed by atoms with Gasteiger partial charge in [-0.15, -0.1) is 0 Å². The highest BCUT2D eigenvalue weighted by Crippen LogP contribution is 2.11. The lowest BCUT2D eigenvalue weighted by atomic mass is 10.1. The minimum absolute atomic E-state index is 0.206. The van der Waals surface area contributed by atoms with E-state index in [0.29, 0.717) is 6.54 Å². The molecule has 0 fully saturated rings. The Labute approximate surface area is 147 Å². The third-order valence-electron chi connectivity index (χ3n) is 4.10. The van der Waals surface area contributed by atoms with Crippen molar-refractivity contribution in [3.8, 4) is 0 Å². The van der Waals surface area contributed by atoms with Gasteiger partial charge < -0.3 is 10.2 Å². The number of halogens is 1. The second-order valence-electron chi connectivity index (χ2n) is 6.15. The van der Waals surface area contributed by atoms with Crippen molar-refractivity contribution < 1.29 is 14.0 Å². The van der Waals surface area contributed by atoms with Crippen LogP contribution in [0.2, 0.25) is 0 Å². The molecule has 5 heteroatoms. The van der Waals surface area contributed by atoms with Crippen LogP contribution in [0.5, 0.6) is 0 Å². The molecular formula is C20H23FN2O2. The van der Waals surface area contributed by atoms with Gasteiger partial charge in [0.15, 0.2) is 0 Å². The third-order valence-corrected chi connectivity index (χ3v) is 4.10. The minimum atomic E-state index is -0.618. The summed E-state index contributed by atoms with van der Waals surface area (Å²) < 4.78 is 13.0. The van der Waals surface area contributed by atoms with Crippen LogP contribution in [-0.2, 0) is 22.7 Å². The topological polar surface area (TPSA) is 49.4 Å². The van der Waals surface area contributed by atoms with Crippen molar-refractivity contribution in [2.75, 3.05) is 0 Å². The number of amides is 2. The molecule has 0 heterocycles. The van der Waals surface area contributed by atoms with Crippen LogP contribution < -0.4 is 5.32 Å². The molecule has 1 N–H and O–H groups in total. The lowest BCUT2D eigenvalue weighted by Crippen LogP contribution is -2.46. The fraction of sp³-hybridized carbons (Fsp3) is 0.300. The molecule has 4 nitrogen and oxygen atoms in total. The van der Waals surface area contributed by atoms with Crippen molar-refractivity contribution in [1.29, 1.82) is 0 Å². The summed E-state index contributed by atoms with van der Waals surface area (Å²) in [5, 5.41) is 2.86. The van der Waals surface area contributed by atoms with E-state index in [2.05, 4.69) is 5.32 Å². The second kappa shape index (κ2) is 8.42. The Hall–Kier alpha value is -2.69. The standard InChI is InChI=1S/C20H23FN2O2/c1-14-4-6-17(7-5-14)12-22-20(25)15(2)23(16(3)24)13-18-8-10-19(21)11-9-18/h4-11,15H,12-13H2,1-3H3,(H,22,25)/t15-/m0/s1. The number of hydrogen-bond donors (Lipinski definition) is 1. The molecule has 0 radical (unpaired) electrons. The highest BCUT2D eigenvalue weighted by atomic mass is 19.1. The van der Waals surface area contributed by atoms with Crippen molar-refractivity contribution in [3.05, 3.63) is 71.0 Å². The average Bonchev–Trinajstić information content (AvgIpc) is 2.59. The number of carbonyl (C=O) groups is 2. The summed E-state index contributed by atoms with van der Waals surface area (Å²) >= 11 is 0. The number of hydrogen-bond acceptors (Lipinski definition) is 2. The largest absolute Gasteiger partial charge is 0.350 e. The zero-order valence-electron chi connectivity index (χ0n) is 14.8. The summed E-state index contributed by atoms with van der Waals surface area (Å²) in [5.74, 6) is -0.762. The van der Waals surface area contributed by atoms with Gasteiger partial charge in [0.1, 0.15) is 11.9 Å². The molecule has 0 aliphatic rings. The number of nitrogens with one attached hydrogen (secondary N) is 1. The van der Waals surface area contributed by atoms with E-state index in [9.17, 15) is 14.0 Å². The van der Waals surface area contributed by atoms with E-state index in [4.69, 9.17) is 0 Å². The van der Waals surface area contributed by atoms with Gasteiger partial charge in [-0.1, -0.05) is 42.0 Å². The van der Waals surface area contributed by atoms with E-state index in [1.54, 1.807) is 19.1 Å². The first-order valence-corrected chi connectivity index (χ1v) is 8.21. The van der Waals surface area contributed by atoms with Crippen molar-refractivity contribution in [2.45, 2.75) is 39.9 Å². The van der Waals surface area contributed by atoms with Gasteiger partial charge in [-0.2, -0.15) is 0 Å². The molecule has 0 unspecified atom stereocenters. The van der Waals surface area contributed by atoms with E-state index in [-0.39, 0.29) is 24.2 Å². The van der Waals surface area contributed by atoms with Crippen LogP contribution in [0.4, 0.5) is 4.39 Å². The van der Waals surface area contributed by atoms with Crippen molar-refractivity contribution in [2.24, 2.45) is 0 Å². The quantitative estimate of drug-likeness (QED) is 0.876. The van der Waals surface area contributed by atoms with Crippen molar-refractivity contribution >= 4 is 11.8 Å². The van der Waals surface area contributed by atoms with Gasteiger partial charge in [0.25, 0.3) is 0 Å². The van der Waals surface area contributed by atoms with Gasteiger partial charge in [-0.3, -0.25) is 9.59 Å². The fourth-order valence-electron chi connectivity index (χ4n) is 2.49. The Morgan fingerprint density at radius 3 is 2.16 bits per heavy atom. The van der Waals surface area contributed by atoms with Gasteiger partial charge in [0.2, 0.25) is 11.8 Å². The van der Waals surface area contributed by atoms with Crippen LogP contribution in [0.3, 0.4) is 0 Å². The summed E-state index contributed by atoms with van der Waals surface area (Å²) in [4.78, 5) is 25.8. The lowest BCUT2D eigenvalue weighted by molar-refractivity contribution is -0.139. The highest BCUT2D eigenvalue weighted by molar-refractivity contribution is 5.86. The zero-order valence-corrected chi connectivity index (χ0v) is 14.8. The SMILES string of the molecule is CC(=O)N(Cc1ccc(F)cc1)[C@@H](C)C(=O)NCc1ccc(C)cc1. The number of aryl methyl sites for hydroxylation is 1. The van der Waals surface area contributed by atoms with E-state index in [1.807, 2.05) is 31.2 Å². The molecule has 0 aliphatic heterocycles. The molecule has 0 saturated carbocycles. The fourth-order valence-corrected chi connectivity index (χ4v) is 2.49. The number of carbonyl (C=O) groups excluding carboxylic acids is 2. The lowest BCUT2D eigenvalue weighted by Gasteiger charge is -2.27. The molecule has 2 aromatic carbocycles. The molecule has 2 aromatic rings. The molecule has 0 saturated heterocycles. The second-order valence-corrected chi connectivity index (χ2v) is 6.15. The average molecular weight is 342 g/mol. The monoisotopic (exact) mass is 342 g/mol. The Morgan fingerprint density at radius 2 is 1.60 bits per heavy atom. The molecule has 2 amide bonds. The molecule has 2 rings (SSSR count). The first-order chi connectivity index (χ1) is 11.9. The molecular weight excluding hydrogens is 319 g/mol. The van der Waals surface area contributed by atoms with Gasteiger partial charge >= 0.3 is 0 Å². The smallest absolute Gasteiger partial charge is 0.242 e. The Balaban J connectivity index is 1.99. The van der Waals surface area contributed by atoms with Crippen LogP contribution in [-0.4, -0.2) is 22.8 Å². The van der Waals surface area contributed by atoms with E-state index >= 15 is 0 Å². The summed E-state index contributed by atoms with van der Waals surface area (Å²) in [6.07, 6.45) is 0. The molecule has 0 spiro atoms. The summed E-state index contributed by atoms with van der Waals surface area (Å²) in [7, 11) is 0. The van der Waals surface area contributed by atoms with Crippen LogP contribution in [0.1, 0.15) is 30.5 Å². The minimum Gasteiger partial charge on any atom is -0.350 e. The van der Waals surface area contributed by atoms with Gasteiger partial charge in [0, 0.05) is 20.0 Å². The molecule has 0 aromatic heterocycles. The summed E-state index contributed by atoms with van der Waals surface area (Å²) in [6, 6.07) is 13.2. The number of benzene rings is 2. The Bertz CT molecular complexity index is 726. The van der Waals surface area contributed by atoms with E-state index in [1.165, 1.54) is 24.0 Å². The predicted octanol–water partition coefficient (Wildman–Crippen LogP) is 3.19. The highest BCUT2D eigenvalue weighted by Gasteiger charge is 2.23. The third kappa shape index (κ3) is 5.41. The van der Waals surface area contributed by atoms with Gasteiger partial charge in [0.05, 0.1) is 0 Å². The van der Waals surface area contributed by atoms with Crippen LogP contribution in [0.15, 0.2) is 48.5 Å². The Kier molecular flexibility index (Phi) is 6.28. The maximum Gasteiger partial charge on any atom is 0.242 e. The molecule has 25 heavy (non-hydrogen) atoms. The maximum atomic E-state index is 13.0. The molecule has 1 atom stereocenters. The zero-order chi connectivity index (χ0) is 18.4. The van der Waals surface area contributed by atoms with Crippen molar-refractivity contribution in [1.82, 2.24) is 10.2 Å². The first kappa shape index (κ1) is 18.6.